The summed E-state index contributed by atoms with van der Waals surface area (Å²) in [7, 11) is 1.55. The first kappa shape index (κ1) is 18.9. The van der Waals surface area contributed by atoms with Crippen molar-refractivity contribution in [2.24, 2.45) is 0 Å². The fraction of sp³-hybridized carbons (Fsp3) is 0.211. The molecule has 0 aliphatic carbocycles. The molecule has 2 N–H and O–H groups in total. The molecule has 1 aromatic heterocycles. The van der Waals surface area contributed by atoms with Gasteiger partial charge in [-0.15, -0.1) is 0 Å². The van der Waals surface area contributed by atoms with E-state index in [1.807, 2.05) is 43.3 Å². The number of hydrogen-bond donors (Lipinski definition) is 2. The predicted molar refractivity (Wildman–Crippen MR) is 106 cm³/mol. The highest BCUT2D eigenvalue weighted by molar-refractivity contribution is 9.10. The first-order valence-electron chi connectivity index (χ1n) is 8.40. The molecular weight excluding hydrogens is 412 g/mol. The average Bonchev–Trinajstić information content (AvgIpc) is 3.16. The average molecular weight is 431 g/mol. The van der Waals surface area contributed by atoms with Crippen molar-refractivity contribution in [3.63, 3.8) is 0 Å². The van der Waals surface area contributed by atoms with Gasteiger partial charge in [-0.2, -0.15) is 4.98 Å². The SMILES string of the molecule is CC[C@@H](NC(=O)Nc1ccccc1OC)c1noc(-c2cccc(Br)c2)n1. The number of ether oxygens (including phenoxy) is 1. The number of para-hydroxylation sites is 2. The maximum Gasteiger partial charge on any atom is 0.319 e. The van der Waals surface area contributed by atoms with Gasteiger partial charge < -0.3 is 19.9 Å². The summed E-state index contributed by atoms with van der Waals surface area (Å²) in [6.07, 6.45) is 0.608. The summed E-state index contributed by atoms with van der Waals surface area (Å²) in [5.74, 6) is 1.40. The zero-order valence-corrected chi connectivity index (χ0v) is 16.5. The molecule has 27 heavy (non-hydrogen) atoms. The quantitative estimate of drug-likeness (QED) is 0.587. The number of nitrogens with zero attached hydrogens (tertiary/aromatic N) is 2. The van der Waals surface area contributed by atoms with Gasteiger partial charge in [0.25, 0.3) is 5.89 Å². The van der Waals surface area contributed by atoms with Crippen LogP contribution in [-0.4, -0.2) is 23.3 Å². The van der Waals surface area contributed by atoms with Crippen LogP contribution in [-0.2, 0) is 0 Å². The molecule has 0 saturated carbocycles. The molecule has 140 valence electrons. The summed E-state index contributed by atoms with van der Waals surface area (Å²) in [6.45, 7) is 1.93. The summed E-state index contributed by atoms with van der Waals surface area (Å²) in [6, 6.07) is 14.0. The molecular formula is C19H19BrN4O3. The molecule has 8 heteroatoms. The number of benzene rings is 2. The van der Waals surface area contributed by atoms with Gasteiger partial charge >= 0.3 is 6.03 Å². The topological polar surface area (TPSA) is 89.3 Å². The first-order chi connectivity index (χ1) is 13.1. The zero-order valence-electron chi connectivity index (χ0n) is 14.9. The maximum absolute atomic E-state index is 12.4. The first-order valence-corrected chi connectivity index (χ1v) is 9.20. The van der Waals surface area contributed by atoms with Crippen molar-refractivity contribution in [2.75, 3.05) is 12.4 Å². The number of rotatable bonds is 6. The van der Waals surface area contributed by atoms with Crippen LogP contribution in [0.5, 0.6) is 5.75 Å². The molecule has 1 atom stereocenters. The standard InChI is InChI=1S/C19H19BrN4O3/c1-3-14(21-19(25)22-15-9-4-5-10-16(15)26-2)17-23-18(27-24-17)12-7-6-8-13(20)11-12/h4-11,14H,3H2,1-2H3,(H2,21,22,25)/t14-/m1/s1. The third-order valence-electron chi connectivity index (χ3n) is 3.89. The normalized spacial score (nSPS) is 11.7. The molecule has 1 heterocycles. The lowest BCUT2D eigenvalue weighted by atomic mass is 10.2. The molecule has 0 spiro atoms. The predicted octanol–water partition coefficient (Wildman–Crippen LogP) is 4.78. The molecule has 0 fully saturated rings. The van der Waals surface area contributed by atoms with Crippen molar-refractivity contribution in [1.82, 2.24) is 15.5 Å². The highest BCUT2D eigenvalue weighted by Crippen LogP contribution is 2.25. The van der Waals surface area contributed by atoms with E-state index in [1.165, 1.54) is 0 Å². The molecule has 0 unspecified atom stereocenters. The number of urea groups is 1. The lowest BCUT2D eigenvalue weighted by molar-refractivity contribution is 0.247. The van der Waals surface area contributed by atoms with Crippen LogP contribution in [0.4, 0.5) is 10.5 Å². The zero-order chi connectivity index (χ0) is 19.2. The summed E-state index contributed by atoms with van der Waals surface area (Å²) >= 11 is 3.42. The van der Waals surface area contributed by atoms with E-state index < -0.39 is 0 Å². The minimum absolute atomic E-state index is 0.375. The summed E-state index contributed by atoms with van der Waals surface area (Å²) < 4.78 is 11.5. The minimum Gasteiger partial charge on any atom is -0.495 e. The Balaban J connectivity index is 1.71. The van der Waals surface area contributed by atoms with Crippen LogP contribution < -0.4 is 15.4 Å². The Morgan fingerprint density at radius 1 is 1.26 bits per heavy atom. The number of nitrogens with one attached hydrogen (secondary N) is 2. The van der Waals surface area contributed by atoms with E-state index in [4.69, 9.17) is 9.26 Å². The molecule has 3 rings (SSSR count). The summed E-state index contributed by atoms with van der Waals surface area (Å²) in [5, 5.41) is 9.65. The van der Waals surface area contributed by atoms with E-state index in [1.54, 1.807) is 19.2 Å². The van der Waals surface area contributed by atoms with Gasteiger partial charge in [0.2, 0.25) is 0 Å². The molecule has 0 saturated heterocycles. The van der Waals surface area contributed by atoms with Crippen molar-refractivity contribution in [1.29, 1.82) is 0 Å². The fourth-order valence-electron chi connectivity index (χ4n) is 2.53. The third-order valence-corrected chi connectivity index (χ3v) is 4.39. The van der Waals surface area contributed by atoms with E-state index >= 15 is 0 Å². The Morgan fingerprint density at radius 2 is 2.07 bits per heavy atom. The highest BCUT2D eigenvalue weighted by atomic mass is 79.9. The van der Waals surface area contributed by atoms with Crippen molar-refractivity contribution >= 4 is 27.6 Å². The van der Waals surface area contributed by atoms with Crippen LogP contribution >= 0.6 is 15.9 Å². The molecule has 3 aromatic rings. The van der Waals surface area contributed by atoms with Crippen molar-refractivity contribution in [3.8, 4) is 17.2 Å². The number of amides is 2. The maximum atomic E-state index is 12.4. The molecule has 7 nitrogen and oxygen atoms in total. The van der Waals surface area contributed by atoms with E-state index in [0.29, 0.717) is 29.6 Å². The molecule has 2 amide bonds. The van der Waals surface area contributed by atoms with E-state index in [2.05, 4.69) is 36.7 Å². The van der Waals surface area contributed by atoms with Gasteiger partial charge in [0.1, 0.15) is 5.75 Å². The van der Waals surface area contributed by atoms with E-state index in [-0.39, 0.29) is 12.1 Å². The second-order valence-electron chi connectivity index (χ2n) is 5.73. The lowest BCUT2D eigenvalue weighted by Gasteiger charge is -2.15. The van der Waals surface area contributed by atoms with E-state index in [9.17, 15) is 4.79 Å². The van der Waals surface area contributed by atoms with Crippen LogP contribution in [0.3, 0.4) is 0 Å². The van der Waals surface area contributed by atoms with Crippen molar-refractivity contribution in [3.05, 3.63) is 58.8 Å². The summed E-state index contributed by atoms with van der Waals surface area (Å²) in [5.41, 5.74) is 1.38. The van der Waals surface area contributed by atoms with Gasteiger partial charge in [0.15, 0.2) is 5.82 Å². The number of hydrogen-bond acceptors (Lipinski definition) is 5. The summed E-state index contributed by atoms with van der Waals surface area (Å²) in [4.78, 5) is 16.8. The van der Waals surface area contributed by atoms with Crippen LogP contribution in [0.2, 0.25) is 0 Å². The Kier molecular flexibility index (Phi) is 6.08. The van der Waals surface area contributed by atoms with Crippen LogP contribution in [0.15, 0.2) is 57.5 Å². The Labute approximate surface area is 165 Å². The van der Waals surface area contributed by atoms with Gasteiger partial charge in [0.05, 0.1) is 18.8 Å². The number of carbonyl (C=O) groups is 1. The lowest BCUT2D eigenvalue weighted by Crippen LogP contribution is -2.33. The number of aromatic nitrogens is 2. The molecule has 0 aliphatic rings. The monoisotopic (exact) mass is 430 g/mol. The number of carbonyl (C=O) groups excluding carboxylic acids is 1. The Bertz CT molecular complexity index is 929. The van der Waals surface area contributed by atoms with Crippen molar-refractivity contribution < 1.29 is 14.1 Å². The molecule has 0 bridgehead atoms. The number of methoxy groups -OCH3 is 1. The smallest absolute Gasteiger partial charge is 0.319 e. The van der Waals surface area contributed by atoms with Gasteiger partial charge in [-0.25, -0.2) is 4.79 Å². The van der Waals surface area contributed by atoms with Crippen LogP contribution in [0.1, 0.15) is 25.2 Å². The van der Waals surface area contributed by atoms with Gasteiger partial charge in [-0.1, -0.05) is 46.2 Å². The molecule has 2 aromatic carbocycles. The van der Waals surface area contributed by atoms with E-state index in [0.717, 1.165) is 10.0 Å². The second kappa shape index (κ2) is 8.68. The van der Waals surface area contributed by atoms with Gasteiger partial charge in [-0.05, 0) is 36.8 Å². The van der Waals surface area contributed by atoms with Gasteiger partial charge in [0, 0.05) is 10.0 Å². The van der Waals surface area contributed by atoms with Crippen LogP contribution in [0.25, 0.3) is 11.5 Å². The Morgan fingerprint density at radius 3 is 2.81 bits per heavy atom. The third kappa shape index (κ3) is 4.65. The largest absolute Gasteiger partial charge is 0.495 e. The number of anilines is 1. The Hall–Kier alpha value is -2.87. The van der Waals surface area contributed by atoms with Gasteiger partial charge in [-0.3, -0.25) is 0 Å². The molecule has 0 radical (unpaired) electrons. The van der Waals surface area contributed by atoms with Crippen molar-refractivity contribution in [2.45, 2.75) is 19.4 Å². The molecule has 0 aliphatic heterocycles. The minimum atomic E-state index is -0.385. The van der Waals surface area contributed by atoms with Crippen LogP contribution in [0, 0.1) is 0 Å². The second-order valence-corrected chi connectivity index (χ2v) is 6.64. The number of halogens is 1. The fourth-order valence-corrected chi connectivity index (χ4v) is 2.93. The highest BCUT2D eigenvalue weighted by Gasteiger charge is 2.20.